The average Bonchev–Trinajstić information content (AvgIpc) is 2.95. The zero-order valence-electron chi connectivity index (χ0n) is 8.47. The SMILES string of the molecule is C=Cc1nc(-c2nc3ccccc3[nH]2)cs1. The Hall–Kier alpha value is -1.94. The highest BCUT2D eigenvalue weighted by atomic mass is 32.1. The minimum Gasteiger partial charge on any atom is -0.337 e. The average molecular weight is 227 g/mol. The third-order valence-corrected chi connectivity index (χ3v) is 3.17. The molecule has 0 saturated carbocycles. The predicted octanol–water partition coefficient (Wildman–Crippen LogP) is 3.33. The Morgan fingerprint density at radius 1 is 1.25 bits per heavy atom. The van der Waals surface area contributed by atoms with Crippen molar-refractivity contribution in [1.82, 2.24) is 15.0 Å². The van der Waals surface area contributed by atoms with Crippen molar-refractivity contribution < 1.29 is 0 Å². The topological polar surface area (TPSA) is 41.6 Å². The van der Waals surface area contributed by atoms with Crippen LogP contribution in [0.15, 0.2) is 36.2 Å². The van der Waals surface area contributed by atoms with Gasteiger partial charge in [0.15, 0.2) is 5.82 Å². The summed E-state index contributed by atoms with van der Waals surface area (Å²) in [6.07, 6.45) is 1.75. The van der Waals surface area contributed by atoms with Gasteiger partial charge in [0, 0.05) is 5.38 Å². The van der Waals surface area contributed by atoms with Crippen molar-refractivity contribution in [2.45, 2.75) is 0 Å². The van der Waals surface area contributed by atoms with Crippen molar-refractivity contribution in [3.63, 3.8) is 0 Å². The molecule has 0 aliphatic rings. The number of hydrogen-bond donors (Lipinski definition) is 1. The zero-order chi connectivity index (χ0) is 11.0. The van der Waals surface area contributed by atoms with E-state index in [2.05, 4.69) is 21.5 Å². The quantitative estimate of drug-likeness (QED) is 0.729. The highest BCUT2D eigenvalue weighted by Gasteiger charge is 2.07. The lowest BCUT2D eigenvalue weighted by molar-refractivity contribution is 1.27. The van der Waals surface area contributed by atoms with Gasteiger partial charge in [-0.25, -0.2) is 9.97 Å². The zero-order valence-corrected chi connectivity index (χ0v) is 9.29. The summed E-state index contributed by atoms with van der Waals surface area (Å²) >= 11 is 1.57. The van der Waals surface area contributed by atoms with Crippen LogP contribution in [0.4, 0.5) is 0 Å². The Bertz CT molecular complexity index is 618. The van der Waals surface area contributed by atoms with E-state index in [1.807, 2.05) is 29.6 Å². The smallest absolute Gasteiger partial charge is 0.158 e. The number of rotatable bonds is 2. The molecule has 0 fully saturated rings. The third kappa shape index (κ3) is 1.44. The fourth-order valence-electron chi connectivity index (χ4n) is 1.56. The molecule has 16 heavy (non-hydrogen) atoms. The van der Waals surface area contributed by atoms with E-state index in [1.54, 1.807) is 17.4 Å². The van der Waals surface area contributed by atoms with Gasteiger partial charge >= 0.3 is 0 Å². The number of benzene rings is 1. The monoisotopic (exact) mass is 227 g/mol. The van der Waals surface area contributed by atoms with Crippen LogP contribution < -0.4 is 0 Å². The van der Waals surface area contributed by atoms with E-state index in [9.17, 15) is 0 Å². The maximum absolute atomic E-state index is 4.48. The molecule has 1 aromatic carbocycles. The summed E-state index contributed by atoms with van der Waals surface area (Å²) in [6.45, 7) is 3.70. The molecule has 2 heterocycles. The van der Waals surface area contributed by atoms with Gasteiger partial charge in [-0.3, -0.25) is 0 Å². The summed E-state index contributed by atoms with van der Waals surface area (Å²) < 4.78 is 0. The summed E-state index contributed by atoms with van der Waals surface area (Å²) in [5, 5.41) is 2.89. The van der Waals surface area contributed by atoms with Gasteiger partial charge in [0.05, 0.1) is 11.0 Å². The van der Waals surface area contributed by atoms with Gasteiger partial charge < -0.3 is 4.98 Å². The molecule has 0 radical (unpaired) electrons. The molecule has 0 spiro atoms. The van der Waals surface area contributed by atoms with E-state index in [1.165, 1.54) is 0 Å². The van der Waals surface area contributed by atoms with Gasteiger partial charge in [-0.1, -0.05) is 18.7 Å². The molecular formula is C12H9N3S. The first-order chi connectivity index (χ1) is 7.86. The molecule has 2 aromatic heterocycles. The van der Waals surface area contributed by atoms with Gasteiger partial charge in [-0.2, -0.15) is 0 Å². The van der Waals surface area contributed by atoms with E-state index >= 15 is 0 Å². The highest BCUT2D eigenvalue weighted by Crippen LogP contribution is 2.22. The Labute approximate surface area is 96.5 Å². The number of thiazole rings is 1. The van der Waals surface area contributed by atoms with Gasteiger partial charge in [-0.05, 0) is 18.2 Å². The number of fused-ring (bicyclic) bond motifs is 1. The fraction of sp³-hybridized carbons (Fsp3) is 0. The second-order valence-corrected chi connectivity index (χ2v) is 4.27. The summed E-state index contributed by atoms with van der Waals surface area (Å²) in [6, 6.07) is 7.95. The Balaban J connectivity index is 2.14. The van der Waals surface area contributed by atoms with Crippen LogP contribution in [-0.2, 0) is 0 Å². The van der Waals surface area contributed by atoms with Crippen LogP contribution in [0.1, 0.15) is 5.01 Å². The van der Waals surface area contributed by atoms with Gasteiger partial charge in [-0.15, -0.1) is 11.3 Å². The van der Waals surface area contributed by atoms with Crippen molar-refractivity contribution in [2.24, 2.45) is 0 Å². The normalized spacial score (nSPS) is 10.8. The Morgan fingerprint density at radius 2 is 2.12 bits per heavy atom. The predicted molar refractivity (Wildman–Crippen MR) is 67.3 cm³/mol. The molecule has 0 atom stereocenters. The van der Waals surface area contributed by atoms with Crippen molar-refractivity contribution in [3.8, 4) is 11.5 Å². The van der Waals surface area contributed by atoms with Gasteiger partial charge in [0.2, 0.25) is 0 Å². The molecule has 3 aromatic rings. The number of aromatic nitrogens is 3. The van der Waals surface area contributed by atoms with Crippen LogP contribution in [0.5, 0.6) is 0 Å². The van der Waals surface area contributed by atoms with Crippen LogP contribution in [0.25, 0.3) is 28.6 Å². The first-order valence-electron chi connectivity index (χ1n) is 4.90. The van der Waals surface area contributed by atoms with Crippen LogP contribution in [0.3, 0.4) is 0 Å². The fourth-order valence-corrected chi connectivity index (χ4v) is 2.21. The summed E-state index contributed by atoms with van der Waals surface area (Å²) in [4.78, 5) is 12.1. The summed E-state index contributed by atoms with van der Waals surface area (Å²) in [7, 11) is 0. The number of nitrogens with zero attached hydrogens (tertiary/aromatic N) is 2. The summed E-state index contributed by atoms with van der Waals surface area (Å²) in [5.74, 6) is 0.811. The third-order valence-electron chi connectivity index (χ3n) is 2.33. The molecule has 4 heteroatoms. The molecule has 3 nitrogen and oxygen atoms in total. The second kappa shape index (κ2) is 3.57. The number of hydrogen-bond acceptors (Lipinski definition) is 3. The number of H-pyrrole nitrogens is 1. The lowest BCUT2D eigenvalue weighted by atomic mass is 10.3. The number of imidazole rings is 1. The Kier molecular flexibility index (Phi) is 2.08. The molecule has 0 unspecified atom stereocenters. The van der Waals surface area contributed by atoms with Gasteiger partial charge in [0.1, 0.15) is 10.7 Å². The standard InChI is InChI=1S/C12H9N3S/c1-2-11-13-10(7-16-11)12-14-8-5-3-4-6-9(8)15-12/h2-7H,1H2,(H,14,15). The van der Waals surface area contributed by atoms with E-state index in [-0.39, 0.29) is 0 Å². The molecule has 1 N–H and O–H groups in total. The van der Waals surface area contributed by atoms with Crippen molar-refractivity contribution in [1.29, 1.82) is 0 Å². The van der Waals surface area contributed by atoms with E-state index in [0.717, 1.165) is 27.6 Å². The molecule has 78 valence electrons. The maximum Gasteiger partial charge on any atom is 0.158 e. The first kappa shape index (κ1) is 9.30. The van der Waals surface area contributed by atoms with Crippen molar-refractivity contribution in [2.75, 3.05) is 0 Å². The van der Waals surface area contributed by atoms with Crippen LogP contribution >= 0.6 is 11.3 Å². The molecular weight excluding hydrogens is 218 g/mol. The van der Waals surface area contributed by atoms with Gasteiger partial charge in [0.25, 0.3) is 0 Å². The first-order valence-corrected chi connectivity index (χ1v) is 5.78. The second-order valence-electron chi connectivity index (χ2n) is 3.38. The lowest BCUT2D eigenvalue weighted by Crippen LogP contribution is -1.79. The van der Waals surface area contributed by atoms with Crippen LogP contribution in [0, 0.1) is 0 Å². The largest absolute Gasteiger partial charge is 0.337 e. The maximum atomic E-state index is 4.48. The number of aromatic amines is 1. The van der Waals surface area contributed by atoms with E-state index < -0.39 is 0 Å². The molecule has 0 amide bonds. The molecule has 0 saturated heterocycles. The van der Waals surface area contributed by atoms with Crippen LogP contribution in [0.2, 0.25) is 0 Å². The summed E-state index contributed by atoms with van der Waals surface area (Å²) in [5.41, 5.74) is 2.87. The van der Waals surface area contributed by atoms with Crippen LogP contribution in [-0.4, -0.2) is 15.0 Å². The van der Waals surface area contributed by atoms with Crippen molar-refractivity contribution in [3.05, 3.63) is 41.2 Å². The Morgan fingerprint density at radius 3 is 2.88 bits per heavy atom. The molecule has 3 rings (SSSR count). The van der Waals surface area contributed by atoms with E-state index in [4.69, 9.17) is 0 Å². The minimum absolute atomic E-state index is 0.811. The number of para-hydroxylation sites is 2. The van der Waals surface area contributed by atoms with E-state index in [0.29, 0.717) is 0 Å². The molecule has 0 bridgehead atoms. The number of nitrogens with one attached hydrogen (secondary N) is 1. The van der Waals surface area contributed by atoms with Crippen molar-refractivity contribution >= 4 is 28.4 Å². The molecule has 0 aliphatic carbocycles. The minimum atomic E-state index is 0.811. The molecule has 0 aliphatic heterocycles. The highest BCUT2D eigenvalue weighted by molar-refractivity contribution is 7.10. The lowest BCUT2D eigenvalue weighted by Gasteiger charge is -1.86.